The lowest BCUT2D eigenvalue weighted by Crippen LogP contribution is -2.29. The molecule has 1 aliphatic rings. The van der Waals surface area contributed by atoms with Crippen LogP contribution in [0.4, 0.5) is 14.5 Å². The Labute approximate surface area is 122 Å². The van der Waals surface area contributed by atoms with E-state index in [9.17, 15) is 13.6 Å². The fraction of sp³-hybridized carbons (Fsp3) is 0.235. The average Bonchev–Trinajstić information content (AvgIpc) is 2.84. The Kier molecular flexibility index (Phi) is 3.69. The van der Waals surface area contributed by atoms with Crippen LogP contribution in [0.25, 0.3) is 0 Å². The van der Waals surface area contributed by atoms with E-state index in [1.54, 1.807) is 24.3 Å². The Morgan fingerprint density at radius 2 is 1.95 bits per heavy atom. The summed E-state index contributed by atoms with van der Waals surface area (Å²) in [7, 11) is 0. The number of carbonyl (C=O) groups excluding carboxylic acids is 1. The van der Waals surface area contributed by atoms with E-state index >= 15 is 0 Å². The molecule has 2 nitrogen and oxygen atoms in total. The summed E-state index contributed by atoms with van der Waals surface area (Å²) in [6.07, 6.45) is 0.871. The van der Waals surface area contributed by atoms with Crippen molar-refractivity contribution in [3.8, 4) is 0 Å². The van der Waals surface area contributed by atoms with Gasteiger partial charge in [0.2, 0.25) is 0 Å². The van der Waals surface area contributed by atoms with Crippen molar-refractivity contribution in [2.45, 2.75) is 12.8 Å². The average molecular weight is 287 g/mol. The third-order valence-corrected chi connectivity index (χ3v) is 3.75. The minimum absolute atomic E-state index is 0.0633. The monoisotopic (exact) mass is 287 g/mol. The summed E-state index contributed by atoms with van der Waals surface area (Å²) < 4.78 is 26.9. The first kappa shape index (κ1) is 13.7. The van der Waals surface area contributed by atoms with Gasteiger partial charge in [0.1, 0.15) is 11.6 Å². The first-order valence-corrected chi connectivity index (χ1v) is 6.92. The molecule has 0 atom stereocenters. The molecule has 0 bridgehead atoms. The van der Waals surface area contributed by atoms with Gasteiger partial charge < -0.3 is 4.90 Å². The molecule has 3 rings (SSSR count). The Balaban J connectivity index is 1.70. The molecular weight excluding hydrogens is 272 g/mol. The van der Waals surface area contributed by atoms with Crippen LogP contribution in [0.3, 0.4) is 0 Å². The number of rotatable bonds is 4. The molecule has 21 heavy (non-hydrogen) atoms. The van der Waals surface area contributed by atoms with Crippen LogP contribution < -0.4 is 4.90 Å². The summed E-state index contributed by atoms with van der Waals surface area (Å²) >= 11 is 0. The van der Waals surface area contributed by atoms with E-state index in [0.29, 0.717) is 12.1 Å². The van der Waals surface area contributed by atoms with Gasteiger partial charge in [-0.1, -0.05) is 24.3 Å². The van der Waals surface area contributed by atoms with Crippen LogP contribution >= 0.6 is 0 Å². The number of carbonyl (C=O) groups is 1. The van der Waals surface area contributed by atoms with Gasteiger partial charge in [0, 0.05) is 18.7 Å². The third kappa shape index (κ3) is 2.94. The Bertz CT molecular complexity index is 684. The highest BCUT2D eigenvalue weighted by Gasteiger charge is 2.22. The highest BCUT2D eigenvalue weighted by molar-refractivity contribution is 5.86. The van der Waals surface area contributed by atoms with Crippen molar-refractivity contribution in [1.29, 1.82) is 0 Å². The number of halogens is 2. The molecule has 1 heterocycles. The number of fused-ring (bicyclic) bond motifs is 1. The third-order valence-electron chi connectivity index (χ3n) is 3.75. The summed E-state index contributed by atoms with van der Waals surface area (Å²) in [5.74, 6) is -0.738. The minimum Gasteiger partial charge on any atom is -0.364 e. The smallest absolute Gasteiger partial charge is 0.156 e. The fourth-order valence-electron chi connectivity index (χ4n) is 2.71. The molecule has 2 aromatic rings. The molecule has 4 heteroatoms. The van der Waals surface area contributed by atoms with Crippen molar-refractivity contribution in [1.82, 2.24) is 0 Å². The second-order valence-corrected chi connectivity index (χ2v) is 5.25. The van der Waals surface area contributed by atoms with Gasteiger partial charge in [-0.25, -0.2) is 8.78 Å². The van der Waals surface area contributed by atoms with Crippen LogP contribution in [-0.4, -0.2) is 18.9 Å². The summed E-state index contributed by atoms with van der Waals surface area (Å²) in [6.45, 7) is 0.882. The predicted octanol–water partition coefficient (Wildman–Crippen LogP) is 3.14. The van der Waals surface area contributed by atoms with Crippen LogP contribution in [0.5, 0.6) is 0 Å². The number of hydrogen-bond acceptors (Lipinski definition) is 2. The molecule has 0 amide bonds. The lowest BCUT2D eigenvalue weighted by molar-refractivity contribution is -0.117. The maximum absolute atomic E-state index is 13.5. The van der Waals surface area contributed by atoms with E-state index in [4.69, 9.17) is 0 Å². The van der Waals surface area contributed by atoms with E-state index in [1.807, 2.05) is 4.90 Å². The summed E-state index contributed by atoms with van der Waals surface area (Å²) in [5, 5.41) is 0. The minimum atomic E-state index is -0.362. The van der Waals surface area contributed by atoms with Crippen LogP contribution in [0.1, 0.15) is 11.1 Å². The molecular formula is C17H15F2NO. The molecule has 0 spiro atoms. The van der Waals surface area contributed by atoms with E-state index in [1.165, 1.54) is 18.2 Å². The van der Waals surface area contributed by atoms with E-state index < -0.39 is 0 Å². The maximum atomic E-state index is 13.5. The highest BCUT2D eigenvalue weighted by Crippen LogP contribution is 2.28. The molecule has 1 aliphatic heterocycles. The van der Waals surface area contributed by atoms with E-state index in [2.05, 4.69) is 0 Å². The van der Waals surface area contributed by atoms with Crippen LogP contribution in [0, 0.1) is 11.6 Å². The van der Waals surface area contributed by atoms with Crippen LogP contribution in [-0.2, 0) is 17.6 Å². The Morgan fingerprint density at radius 1 is 1.14 bits per heavy atom. The molecule has 0 radical (unpaired) electrons. The predicted molar refractivity (Wildman–Crippen MR) is 77.4 cm³/mol. The van der Waals surface area contributed by atoms with Crippen molar-refractivity contribution in [3.63, 3.8) is 0 Å². The van der Waals surface area contributed by atoms with E-state index in [0.717, 1.165) is 17.7 Å². The van der Waals surface area contributed by atoms with Gasteiger partial charge in [0.05, 0.1) is 6.54 Å². The molecule has 0 saturated carbocycles. The molecule has 0 N–H and O–H groups in total. The molecule has 0 aromatic heterocycles. The first-order valence-electron chi connectivity index (χ1n) is 6.92. The van der Waals surface area contributed by atoms with Gasteiger partial charge in [-0.05, 0) is 35.7 Å². The molecule has 0 fully saturated rings. The largest absolute Gasteiger partial charge is 0.364 e. The number of nitrogens with zero attached hydrogens (tertiary/aromatic N) is 1. The van der Waals surface area contributed by atoms with Crippen molar-refractivity contribution in [2.24, 2.45) is 0 Å². The zero-order valence-electron chi connectivity index (χ0n) is 11.5. The first-order chi connectivity index (χ1) is 10.1. The van der Waals surface area contributed by atoms with Crippen LogP contribution in [0.2, 0.25) is 0 Å². The highest BCUT2D eigenvalue weighted by atomic mass is 19.1. The zero-order valence-corrected chi connectivity index (χ0v) is 11.5. The normalized spacial score (nSPS) is 13.3. The molecule has 108 valence electrons. The van der Waals surface area contributed by atoms with Gasteiger partial charge >= 0.3 is 0 Å². The van der Waals surface area contributed by atoms with Gasteiger partial charge in [-0.15, -0.1) is 0 Å². The van der Waals surface area contributed by atoms with Crippen molar-refractivity contribution in [3.05, 3.63) is 65.2 Å². The zero-order chi connectivity index (χ0) is 14.8. The molecule has 0 saturated heterocycles. The molecule has 0 aliphatic carbocycles. The standard InChI is InChI=1S/C17H15F2NO/c18-14-6-5-12-7-8-20(17(12)10-14)11-15(21)9-13-3-1-2-4-16(13)19/h1-6,10H,7-9,11H2. The van der Waals surface area contributed by atoms with Crippen molar-refractivity contribution >= 4 is 11.5 Å². The molecule has 0 unspecified atom stereocenters. The van der Waals surface area contributed by atoms with Gasteiger partial charge in [-0.3, -0.25) is 4.79 Å². The summed E-state index contributed by atoms with van der Waals surface area (Å²) in [4.78, 5) is 14.0. The van der Waals surface area contributed by atoms with Gasteiger partial charge in [0.25, 0.3) is 0 Å². The number of ketones is 1. The SMILES string of the molecule is O=C(Cc1ccccc1F)CN1CCc2ccc(F)cc21. The lowest BCUT2D eigenvalue weighted by Gasteiger charge is -2.18. The summed E-state index contributed by atoms with van der Waals surface area (Å²) in [5.41, 5.74) is 2.23. The van der Waals surface area contributed by atoms with Crippen LogP contribution in [0.15, 0.2) is 42.5 Å². The summed E-state index contributed by atoms with van der Waals surface area (Å²) in [6, 6.07) is 10.9. The van der Waals surface area contributed by atoms with Gasteiger partial charge in [0.15, 0.2) is 5.78 Å². The topological polar surface area (TPSA) is 20.3 Å². The van der Waals surface area contributed by atoms with Crippen molar-refractivity contribution < 1.29 is 13.6 Å². The molecule has 2 aromatic carbocycles. The van der Waals surface area contributed by atoms with E-state index in [-0.39, 0.29) is 30.4 Å². The Hall–Kier alpha value is -2.23. The van der Waals surface area contributed by atoms with Gasteiger partial charge in [-0.2, -0.15) is 0 Å². The quantitative estimate of drug-likeness (QED) is 0.861. The Morgan fingerprint density at radius 3 is 2.76 bits per heavy atom. The second-order valence-electron chi connectivity index (χ2n) is 5.25. The number of Topliss-reactive ketones (excluding diaryl/α,β-unsaturated/α-hetero) is 1. The number of benzene rings is 2. The maximum Gasteiger partial charge on any atom is 0.156 e. The lowest BCUT2D eigenvalue weighted by atomic mass is 10.1. The fourth-order valence-corrected chi connectivity index (χ4v) is 2.71. The number of anilines is 1. The number of hydrogen-bond donors (Lipinski definition) is 0. The van der Waals surface area contributed by atoms with Crippen molar-refractivity contribution in [2.75, 3.05) is 18.0 Å². The second kappa shape index (κ2) is 5.64.